The molecule has 0 atom stereocenters. The smallest absolute Gasteiger partial charge is 0.319 e. The first-order valence-corrected chi connectivity index (χ1v) is 7.06. The summed E-state index contributed by atoms with van der Waals surface area (Å²) in [6, 6.07) is 3.69. The Kier molecular flexibility index (Phi) is 4.79. The summed E-state index contributed by atoms with van der Waals surface area (Å²) in [4.78, 5) is 25.8. The third-order valence-electron chi connectivity index (χ3n) is 3.53. The summed E-state index contributed by atoms with van der Waals surface area (Å²) in [5.41, 5.74) is 0.0813. The van der Waals surface area contributed by atoms with Crippen LogP contribution in [0.2, 0.25) is 0 Å². The van der Waals surface area contributed by atoms with Crippen LogP contribution < -0.4 is 16.2 Å². The van der Waals surface area contributed by atoms with Crippen LogP contribution in [-0.4, -0.2) is 41.2 Å². The van der Waals surface area contributed by atoms with Gasteiger partial charge in [0.15, 0.2) is 0 Å². The average molecular weight is 278 g/mol. The lowest BCUT2D eigenvalue weighted by atomic mass is 10.4. The van der Waals surface area contributed by atoms with Crippen molar-refractivity contribution in [1.29, 1.82) is 0 Å². The second-order valence-electron chi connectivity index (χ2n) is 5.08. The maximum atomic E-state index is 11.7. The Labute approximate surface area is 118 Å². The first-order chi connectivity index (χ1) is 9.61. The minimum Gasteiger partial charge on any atom is -0.337 e. The molecule has 1 aliphatic rings. The molecule has 0 radical (unpaired) electrons. The van der Waals surface area contributed by atoms with E-state index in [2.05, 4.69) is 22.5 Å². The van der Waals surface area contributed by atoms with Gasteiger partial charge in [0.2, 0.25) is 0 Å². The highest BCUT2D eigenvalue weighted by Crippen LogP contribution is 2.25. The fraction of sp³-hybridized carbons (Fsp3) is 0.571. The van der Waals surface area contributed by atoms with Crippen LogP contribution in [0.25, 0.3) is 0 Å². The molecule has 1 fully saturated rings. The third-order valence-corrected chi connectivity index (χ3v) is 3.53. The molecule has 2 N–H and O–H groups in total. The minimum absolute atomic E-state index is 0.212. The molecule has 0 aromatic carbocycles. The quantitative estimate of drug-likeness (QED) is 0.815. The maximum Gasteiger partial charge on any atom is 0.319 e. The molecule has 0 aliphatic heterocycles. The Morgan fingerprint density at radius 3 is 2.90 bits per heavy atom. The monoisotopic (exact) mass is 278 g/mol. The molecule has 6 nitrogen and oxygen atoms in total. The number of nitrogens with zero attached hydrogens (tertiary/aromatic N) is 2. The molecule has 1 saturated carbocycles. The zero-order valence-electron chi connectivity index (χ0n) is 12.1. The molecule has 2 rings (SSSR count). The van der Waals surface area contributed by atoms with Crippen molar-refractivity contribution in [3.8, 4) is 0 Å². The standard InChI is InChI=1S/C14H22N4O2/c1-3-18(11-6-7-11)10-8-15-14(20)16-12-5-4-9-17(2)13(12)19/h4-5,9,11H,3,6-8,10H2,1-2H3,(H2,15,16,20). The topological polar surface area (TPSA) is 66.4 Å². The largest absolute Gasteiger partial charge is 0.337 e. The molecular weight excluding hydrogens is 256 g/mol. The Balaban J connectivity index is 1.77. The molecule has 0 unspecified atom stereocenters. The van der Waals surface area contributed by atoms with Crippen LogP contribution in [0.3, 0.4) is 0 Å². The van der Waals surface area contributed by atoms with Gasteiger partial charge in [-0.3, -0.25) is 9.69 Å². The first-order valence-electron chi connectivity index (χ1n) is 7.06. The van der Waals surface area contributed by atoms with E-state index in [1.165, 1.54) is 17.4 Å². The lowest BCUT2D eigenvalue weighted by molar-refractivity contribution is 0.245. The number of aromatic nitrogens is 1. The van der Waals surface area contributed by atoms with Gasteiger partial charge in [0.05, 0.1) is 0 Å². The van der Waals surface area contributed by atoms with Crippen LogP contribution in [-0.2, 0) is 7.05 Å². The Morgan fingerprint density at radius 1 is 1.50 bits per heavy atom. The van der Waals surface area contributed by atoms with Gasteiger partial charge < -0.3 is 15.2 Å². The molecular formula is C14H22N4O2. The Bertz CT molecular complexity index is 522. The van der Waals surface area contributed by atoms with Gasteiger partial charge in [0.25, 0.3) is 5.56 Å². The van der Waals surface area contributed by atoms with E-state index >= 15 is 0 Å². The van der Waals surface area contributed by atoms with Gasteiger partial charge in [0.1, 0.15) is 5.69 Å². The van der Waals surface area contributed by atoms with Crippen LogP contribution in [0.15, 0.2) is 23.1 Å². The van der Waals surface area contributed by atoms with Crippen LogP contribution in [0, 0.1) is 0 Å². The molecule has 2 amide bonds. The number of carbonyl (C=O) groups excluding carboxylic acids is 1. The Morgan fingerprint density at radius 2 is 2.25 bits per heavy atom. The molecule has 0 spiro atoms. The number of urea groups is 1. The van der Waals surface area contributed by atoms with Crippen molar-refractivity contribution in [2.24, 2.45) is 7.05 Å². The van der Waals surface area contributed by atoms with Crippen molar-refractivity contribution < 1.29 is 4.79 Å². The Hall–Kier alpha value is -1.82. The SMILES string of the molecule is CCN(CCNC(=O)Nc1cccn(C)c1=O)C1CC1. The van der Waals surface area contributed by atoms with E-state index in [0.29, 0.717) is 18.3 Å². The van der Waals surface area contributed by atoms with E-state index in [-0.39, 0.29) is 11.6 Å². The van der Waals surface area contributed by atoms with Crippen LogP contribution in [0.1, 0.15) is 19.8 Å². The molecule has 20 heavy (non-hydrogen) atoms. The maximum absolute atomic E-state index is 11.7. The minimum atomic E-state index is -0.333. The third kappa shape index (κ3) is 3.84. The van der Waals surface area contributed by atoms with E-state index in [1.807, 2.05) is 0 Å². The first kappa shape index (κ1) is 14.6. The summed E-state index contributed by atoms with van der Waals surface area (Å²) in [5, 5.41) is 5.37. The van der Waals surface area contributed by atoms with Gasteiger partial charge in [0, 0.05) is 32.4 Å². The highest BCUT2D eigenvalue weighted by Gasteiger charge is 2.27. The van der Waals surface area contributed by atoms with Crippen LogP contribution >= 0.6 is 0 Å². The molecule has 6 heteroatoms. The highest BCUT2D eigenvalue weighted by molar-refractivity contribution is 5.88. The predicted molar refractivity (Wildman–Crippen MR) is 79.0 cm³/mol. The number of nitrogens with one attached hydrogen (secondary N) is 2. The van der Waals surface area contributed by atoms with Gasteiger partial charge in [-0.1, -0.05) is 6.92 Å². The fourth-order valence-electron chi connectivity index (χ4n) is 2.21. The van der Waals surface area contributed by atoms with Crippen LogP contribution in [0.5, 0.6) is 0 Å². The summed E-state index contributed by atoms with van der Waals surface area (Å²) < 4.78 is 1.43. The zero-order valence-corrected chi connectivity index (χ0v) is 12.1. The van der Waals surface area contributed by atoms with Crippen LogP contribution in [0.4, 0.5) is 10.5 Å². The fourth-order valence-corrected chi connectivity index (χ4v) is 2.21. The number of amides is 2. The number of rotatable bonds is 6. The number of likely N-dealkylation sites (N-methyl/N-ethyl adjacent to an activating group) is 1. The molecule has 1 aromatic rings. The van der Waals surface area contributed by atoms with Gasteiger partial charge >= 0.3 is 6.03 Å². The van der Waals surface area contributed by atoms with Crippen molar-refractivity contribution in [2.45, 2.75) is 25.8 Å². The summed E-state index contributed by atoms with van der Waals surface area (Å²) in [7, 11) is 1.65. The van der Waals surface area contributed by atoms with Gasteiger partial charge in [-0.25, -0.2) is 4.79 Å². The number of aryl methyl sites for hydroxylation is 1. The number of pyridine rings is 1. The summed E-state index contributed by atoms with van der Waals surface area (Å²) in [6.45, 7) is 4.57. The van der Waals surface area contributed by atoms with E-state index < -0.39 is 0 Å². The van der Waals surface area contributed by atoms with Crippen molar-refractivity contribution >= 4 is 11.7 Å². The lowest BCUT2D eigenvalue weighted by Gasteiger charge is -2.19. The number of hydrogen-bond donors (Lipinski definition) is 2. The number of hydrogen-bond acceptors (Lipinski definition) is 3. The summed E-state index contributed by atoms with van der Waals surface area (Å²) >= 11 is 0. The average Bonchev–Trinajstić information content (AvgIpc) is 3.24. The number of carbonyl (C=O) groups is 1. The molecule has 110 valence electrons. The predicted octanol–water partition coefficient (Wildman–Crippen LogP) is 0.991. The van der Waals surface area contributed by atoms with E-state index in [9.17, 15) is 9.59 Å². The normalized spacial score (nSPS) is 14.3. The molecule has 0 bridgehead atoms. The molecule has 1 aromatic heterocycles. The van der Waals surface area contributed by atoms with Crippen molar-refractivity contribution in [1.82, 2.24) is 14.8 Å². The summed E-state index contributed by atoms with van der Waals surface area (Å²) in [6.07, 6.45) is 4.18. The molecule has 1 heterocycles. The second kappa shape index (κ2) is 6.56. The van der Waals surface area contributed by atoms with Crippen molar-refractivity contribution in [2.75, 3.05) is 25.0 Å². The van der Waals surface area contributed by atoms with E-state index in [0.717, 1.165) is 13.1 Å². The molecule has 0 saturated heterocycles. The van der Waals surface area contributed by atoms with Gasteiger partial charge in [-0.05, 0) is 31.5 Å². The van der Waals surface area contributed by atoms with Crippen molar-refractivity contribution in [3.05, 3.63) is 28.7 Å². The zero-order chi connectivity index (χ0) is 14.5. The lowest BCUT2D eigenvalue weighted by Crippen LogP contribution is -2.38. The van der Waals surface area contributed by atoms with Gasteiger partial charge in [-0.15, -0.1) is 0 Å². The second-order valence-corrected chi connectivity index (χ2v) is 5.08. The number of anilines is 1. The van der Waals surface area contributed by atoms with Gasteiger partial charge in [-0.2, -0.15) is 0 Å². The summed E-state index contributed by atoms with van der Waals surface area (Å²) in [5.74, 6) is 0. The van der Waals surface area contributed by atoms with E-state index in [4.69, 9.17) is 0 Å². The van der Waals surface area contributed by atoms with Crippen molar-refractivity contribution in [3.63, 3.8) is 0 Å². The molecule has 1 aliphatic carbocycles. The highest BCUT2D eigenvalue weighted by atomic mass is 16.2. The van der Waals surface area contributed by atoms with E-state index in [1.54, 1.807) is 25.4 Å².